The van der Waals surface area contributed by atoms with E-state index in [0.29, 0.717) is 12.2 Å². The van der Waals surface area contributed by atoms with E-state index < -0.39 is 5.79 Å². The monoisotopic (exact) mass is 306 g/mol. The van der Waals surface area contributed by atoms with Gasteiger partial charge in [0.05, 0.1) is 12.2 Å². The molecule has 22 heavy (non-hydrogen) atoms. The number of hydrogen-bond acceptors (Lipinski definition) is 5. The molecule has 5 nitrogen and oxygen atoms in total. The van der Waals surface area contributed by atoms with Crippen molar-refractivity contribution in [1.82, 2.24) is 10.2 Å². The molecule has 0 radical (unpaired) electrons. The molecule has 0 saturated carbocycles. The number of ether oxygens (including phenoxy) is 2. The summed E-state index contributed by atoms with van der Waals surface area (Å²) in [5.74, 6) is -1.06. The first-order chi connectivity index (χ1) is 10.5. The molecule has 1 N–H and O–H groups in total. The summed E-state index contributed by atoms with van der Waals surface area (Å²) in [6.45, 7) is 4.93. The number of likely N-dealkylation sites (N-methyl/N-ethyl adjacent to an activating group) is 1. The molecule has 0 amide bonds. The fourth-order valence-corrected chi connectivity index (χ4v) is 2.58. The van der Waals surface area contributed by atoms with Crippen molar-refractivity contribution in [2.24, 2.45) is 5.92 Å². The lowest BCUT2D eigenvalue weighted by molar-refractivity contribution is -0.221. The summed E-state index contributed by atoms with van der Waals surface area (Å²) in [5, 5.41) is 3.31. The van der Waals surface area contributed by atoms with E-state index in [4.69, 9.17) is 9.47 Å². The Bertz CT molecular complexity index is 472. The molecule has 2 unspecified atom stereocenters. The predicted molar refractivity (Wildman–Crippen MR) is 85.7 cm³/mol. The van der Waals surface area contributed by atoms with Gasteiger partial charge < -0.3 is 19.7 Å². The first-order valence-corrected chi connectivity index (χ1v) is 7.79. The molecule has 0 aliphatic carbocycles. The van der Waals surface area contributed by atoms with Crippen LogP contribution in [-0.2, 0) is 9.47 Å². The van der Waals surface area contributed by atoms with E-state index in [1.807, 2.05) is 44.1 Å². The largest absolute Gasteiger partial charge is 0.429 e. The van der Waals surface area contributed by atoms with Crippen LogP contribution in [0.4, 0.5) is 0 Å². The van der Waals surface area contributed by atoms with Crippen molar-refractivity contribution in [2.45, 2.75) is 19.1 Å². The summed E-state index contributed by atoms with van der Waals surface area (Å²) < 4.78 is 11.8. The van der Waals surface area contributed by atoms with E-state index >= 15 is 0 Å². The molecule has 1 aliphatic heterocycles. The maximum absolute atomic E-state index is 12.4. The van der Waals surface area contributed by atoms with E-state index in [9.17, 15) is 4.79 Å². The number of esters is 1. The second-order valence-corrected chi connectivity index (χ2v) is 6.11. The minimum absolute atomic E-state index is 0.169. The van der Waals surface area contributed by atoms with E-state index in [1.165, 1.54) is 0 Å². The number of carbonyl (C=O) groups is 1. The summed E-state index contributed by atoms with van der Waals surface area (Å²) in [7, 11) is 3.99. The zero-order valence-electron chi connectivity index (χ0n) is 13.7. The highest BCUT2D eigenvalue weighted by Crippen LogP contribution is 2.29. The van der Waals surface area contributed by atoms with Gasteiger partial charge in [0.15, 0.2) is 0 Å². The van der Waals surface area contributed by atoms with Crippen LogP contribution >= 0.6 is 0 Å². The van der Waals surface area contributed by atoms with Crippen LogP contribution in [0.3, 0.4) is 0 Å². The van der Waals surface area contributed by atoms with Gasteiger partial charge in [0.25, 0.3) is 0 Å². The number of benzene rings is 1. The second-order valence-electron chi connectivity index (χ2n) is 6.11. The van der Waals surface area contributed by atoms with Crippen molar-refractivity contribution in [3.8, 4) is 0 Å². The van der Waals surface area contributed by atoms with Crippen LogP contribution in [0.1, 0.15) is 23.7 Å². The summed E-state index contributed by atoms with van der Waals surface area (Å²) in [5.41, 5.74) is 0.552. The first kappa shape index (κ1) is 16.9. The lowest BCUT2D eigenvalue weighted by Crippen LogP contribution is -2.44. The molecule has 5 heteroatoms. The highest BCUT2D eigenvalue weighted by atomic mass is 16.7. The smallest absolute Gasteiger partial charge is 0.340 e. The maximum Gasteiger partial charge on any atom is 0.340 e. The molecule has 1 heterocycles. The van der Waals surface area contributed by atoms with Crippen LogP contribution in [0.2, 0.25) is 0 Å². The SMILES string of the molecule is CN(C)CCOC(C)(OC(=O)c1ccccc1)C1CCNC1. The van der Waals surface area contributed by atoms with E-state index in [-0.39, 0.29) is 11.9 Å². The molecule has 0 spiro atoms. The maximum atomic E-state index is 12.4. The molecule has 1 aliphatic rings. The predicted octanol–water partition coefficient (Wildman–Crippen LogP) is 1.75. The van der Waals surface area contributed by atoms with Crippen molar-refractivity contribution in [3.05, 3.63) is 35.9 Å². The lowest BCUT2D eigenvalue weighted by Gasteiger charge is -2.35. The molecule has 2 rings (SSSR count). The van der Waals surface area contributed by atoms with Crippen LogP contribution in [0.5, 0.6) is 0 Å². The van der Waals surface area contributed by atoms with Gasteiger partial charge in [-0.1, -0.05) is 18.2 Å². The minimum Gasteiger partial charge on any atom is -0.429 e. The number of rotatable bonds is 7. The Morgan fingerprint density at radius 1 is 1.36 bits per heavy atom. The Labute approximate surface area is 132 Å². The normalized spacial score (nSPS) is 20.8. The van der Waals surface area contributed by atoms with Crippen molar-refractivity contribution < 1.29 is 14.3 Å². The van der Waals surface area contributed by atoms with Gasteiger partial charge in [0.1, 0.15) is 0 Å². The summed E-state index contributed by atoms with van der Waals surface area (Å²) in [4.78, 5) is 14.4. The standard InChI is InChI=1S/C17H26N2O3/c1-17(15-9-10-18-13-15,21-12-11-19(2)3)22-16(20)14-7-5-4-6-8-14/h4-8,15,18H,9-13H2,1-3H3. The van der Waals surface area contributed by atoms with Gasteiger partial charge in [-0.05, 0) is 39.2 Å². The van der Waals surface area contributed by atoms with E-state index in [0.717, 1.165) is 26.1 Å². The molecular weight excluding hydrogens is 280 g/mol. The Balaban J connectivity index is 2.04. The van der Waals surface area contributed by atoms with Crippen LogP contribution in [-0.4, -0.2) is 57.0 Å². The molecule has 2 atom stereocenters. The average Bonchev–Trinajstić information content (AvgIpc) is 3.02. The summed E-state index contributed by atoms with van der Waals surface area (Å²) in [6, 6.07) is 9.06. The van der Waals surface area contributed by atoms with Gasteiger partial charge in [0, 0.05) is 25.9 Å². The zero-order valence-corrected chi connectivity index (χ0v) is 13.7. The highest BCUT2D eigenvalue weighted by molar-refractivity contribution is 5.89. The van der Waals surface area contributed by atoms with Crippen LogP contribution in [0, 0.1) is 5.92 Å². The minimum atomic E-state index is -0.896. The fraction of sp³-hybridized carbons (Fsp3) is 0.588. The third-order valence-corrected chi connectivity index (χ3v) is 4.03. The third kappa shape index (κ3) is 4.53. The van der Waals surface area contributed by atoms with Gasteiger partial charge in [-0.25, -0.2) is 4.79 Å². The Morgan fingerprint density at radius 3 is 2.68 bits per heavy atom. The molecule has 1 fully saturated rings. The molecule has 122 valence electrons. The van der Waals surface area contributed by atoms with Crippen LogP contribution in [0.15, 0.2) is 30.3 Å². The number of nitrogens with zero attached hydrogens (tertiary/aromatic N) is 1. The molecule has 1 aromatic rings. The van der Waals surface area contributed by atoms with Crippen molar-refractivity contribution in [2.75, 3.05) is 40.3 Å². The summed E-state index contributed by atoms with van der Waals surface area (Å²) in [6.07, 6.45) is 0.945. The fourth-order valence-electron chi connectivity index (χ4n) is 2.58. The molecule has 1 saturated heterocycles. The van der Waals surface area contributed by atoms with E-state index in [2.05, 4.69) is 5.32 Å². The lowest BCUT2D eigenvalue weighted by atomic mass is 9.99. The van der Waals surface area contributed by atoms with E-state index in [1.54, 1.807) is 12.1 Å². The Kier molecular flexibility index (Phi) is 5.94. The van der Waals surface area contributed by atoms with Crippen molar-refractivity contribution >= 4 is 5.97 Å². The number of hydrogen-bond donors (Lipinski definition) is 1. The van der Waals surface area contributed by atoms with Crippen LogP contribution in [0.25, 0.3) is 0 Å². The van der Waals surface area contributed by atoms with Gasteiger partial charge in [0.2, 0.25) is 5.79 Å². The number of carbonyl (C=O) groups excluding carboxylic acids is 1. The quantitative estimate of drug-likeness (QED) is 0.614. The number of nitrogens with one attached hydrogen (secondary N) is 1. The van der Waals surface area contributed by atoms with Crippen molar-refractivity contribution in [3.63, 3.8) is 0 Å². The molecule has 1 aromatic carbocycles. The van der Waals surface area contributed by atoms with Gasteiger partial charge >= 0.3 is 5.97 Å². The van der Waals surface area contributed by atoms with Gasteiger partial charge in [-0.2, -0.15) is 0 Å². The molecule has 0 bridgehead atoms. The Hall–Kier alpha value is -1.43. The van der Waals surface area contributed by atoms with Gasteiger partial charge in [-0.3, -0.25) is 0 Å². The third-order valence-electron chi connectivity index (χ3n) is 4.03. The highest BCUT2D eigenvalue weighted by Gasteiger charge is 2.41. The average molecular weight is 306 g/mol. The van der Waals surface area contributed by atoms with Crippen molar-refractivity contribution in [1.29, 1.82) is 0 Å². The second kappa shape index (κ2) is 7.72. The topological polar surface area (TPSA) is 50.8 Å². The van der Waals surface area contributed by atoms with Gasteiger partial charge in [-0.15, -0.1) is 0 Å². The first-order valence-electron chi connectivity index (χ1n) is 7.79. The Morgan fingerprint density at radius 2 is 2.09 bits per heavy atom. The molecular formula is C17H26N2O3. The summed E-state index contributed by atoms with van der Waals surface area (Å²) >= 11 is 0. The zero-order chi connectivity index (χ0) is 16.0. The molecule has 0 aromatic heterocycles. The van der Waals surface area contributed by atoms with Crippen LogP contribution < -0.4 is 5.32 Å².